The quantitative estimate of drug-likeness (QED) is 0.590. The van der Waals surface area contributed by atoms with Crippen LogP contribution in [-0.4, -0.2) is 9.97 Å². The van der Waals surface area contributed by atoms with Gasteiger partial charge in [-0.25, -0.2) is 14.4 Å². The van der Waals surface area contributed by atoms with E-state index in [0.29, 0.717) is 27.4 Å². The minimum absolute atomic E-state index is 0.288. The van der Waals surface area contributed by atoms with Crippen LogP contribution in [0.1, 0.15) is 16.7 Å². The summed E-state index contributed by atoms with van der Waals surface area (Å²) in [5, 5.41) is 1.02. The number of hydrogen-bond acceptors (Lipinski definition) is 2. The first-order valence-electron chi connectivity index (χ1n) is 6.67. The van der Waals surface area contributed by atoms with Crippen LogP contribution in [0.15, 0.2) is 30.3 Å². The molecule has 0 radical (unpaired) electrons. The van der Waals surface area contributed by atoms with Crippen molar-refractivity contribution in [3.63, 3.8) is 0 Å². The third kappa shape index (κ3) is 2.49. The molecule has 3 rings (SSSR count). The third-order valence-corrected chi connectivity index (χ3v) is 3.84. The van der Waals surface area contributed by atoms with E-state index in [1.807, 2.05) is 26.0 Å². The standard InChI is InChI=1S/C17H14ClFN2/c1-9-4-5-12(10(2)6-9)17-20-15-8-14(19)11(3)7-13(15)16(18)21-17/h4-8H,1-3H3. The molecule has 4 heteroatoms. The van der Waals surface area contributed by atoms with E-state index in [2.05, 4.69) is 16.0 Å². The largest absolute Gasteiger partial charge is 0.228 e. The number of benzene rings is 2. The maximum absolute atomic E-state index is 13.7. The van der Waals surface area contributed by atoms with E-state index in [1.54, 1.807) is 13.0 Å². The van der Waals surface area contributed by atoms with E-state index in [0.717, 1.165) is 11.1 Å². The Hall–Kier alpha value is -2.00. The summed E-state index contributed by atoms with van der Waals surface area (Å²) >= 11 is 6.25. The summed E-state index contributed by atoms with van der Waals surface area (Å²) in [6, 6.07) is 9.11. The number of rotatable bonds is 1. The first kappa shape index (κ1) is 14.0. The molecule has 0 fully saturated rings. The van der Waals surface area contributed by atoms with Gasteiger partial charge in [-0.15, -0.1) is 0 Å². The fraction of sp³-hybridized carbons (Fsp3) is 0.176. The topological polar surface area (TPSA) is 25.8 Å². The van der Waals surface area contributed by atoms with Crippen molar-refractivity contribution in [2.45, 2.75) is 20.8 Å². The van der Waals surface area contributed by atoms with Gasteiger partial charge in [0.05, 0.1) is 5.52 Å². The van der Waals surface area contributed by atoms with Crippen molar-refractivity contribution in [1.29, 1.82) is 0 Å². The molecule has 0 amide bonds. The van der Waals surface area contributed by atoms with Crippen LogP contribution in [0, 0.1) is 26.6 Å². The average molecular weight is 301 g/mol. The number of aryl methyl sites for hydroxylation is 3. The lowest BCUT2D eigenvalue weighted by atomic mass is 10.0. The van der Waals surface area contributed by atoms with Crippen LogP contribution in [0.2, 0.25) is 5.15 Å². The smallest absolute Gasteiger partial charge is 0.161 e. The van der Waals surface area contributed by atoms with Gasteiger partial charge in [-0.2, -0.15) is 0 Å². The van der Waals surface area contributed by atoms with Crippen molar-refractivity contribution in [3.8, 4) is 11.4 Å². The van der Waals surface area contributed by atoms with Gasteiger partial charge in [0.2, 0.25) is 0 Å². The number of fused-ring (bicyclic) bond motifs is 1. The Morgan fingerprint density at radius 2 is 1.71 bits per heavy atom. The van der Waals surface area contributed by atoms with Gasteiger partial charge in [0.1, 0.15) is 11.0 Å². The highest BCUT2D eigenvalue weighted by molar-refractivity contribution is 6.34. The molecule has 0 unspecified atom stereocenters. The SMILES string of the molecule is Cc1ccc(-c2nc(Cl)c3cc(C)c(F)cc3n2)c(C)c1. The van der Waals surface area contributed by atoms with Crippen LogP contribution < -0.4 is 0 Å². The van der Waals surface area contributed by atoms with Crippen LogP contribution >= 0.6 is 11.6 Å². The molecule has 0 saturated heterocycles. The Morgan fingerprint density at radius 3 is 2.43 bits per heavy atom. The second kappa shape index (κ2) is 5.08. The van der Waals surface area contributed by atoms with Gasteiger partial charge in [0, 0.05) is 17.0 Å². The fourth-order valence-corrected chi connectivity index (χ4v) is 2.64. The lowest BCUT2D eigenvalue weighted by Gasteiger charge is -2.09. The lowest BCUT2D eigenvalue weighted by Crippen LogP contribution is -1.96. The van der Waals surface area contributed by atoms with Crippen molar-refractivity contribution in [2.24, 2.45) is 0 Å². The molecule has 0 aliphatic carbocycles. The predicted molar refractivity (Wildman–Crippen MR) is 84.2 cm³/mol. The van der Waals surface area contributed by atoms with Crippen LogP contribution in [0.25, 0.3) is 22.3 Å². The molecule has 0 atom stereocenters. The van der Waals surface area contributed by atoms with Crippen molar-refractivity contribution in [2.75, 3.05) is 0 Å². The molecule has 2 aromatic carbocycles. The number of nitrogens with zero attached hydrogens (tertiary/aromatic N) is 2. The fourth-order valence-electron chi connectivity index (χ4n) is 2.41. The van der Waals surface area contributed by atoms with Crippen molar-refractivity contribution < 1.29 is 4.39 Å². The molecule has 0 N–H and O–H groups in total. The van der Waals surface area contributed by atoms with Gasteiger partial charge in [0.15, 0.2) is 5.82 Å². The van der Waals surface area contributed by atoms with Crippen molar-refractivity contribution in [1.82, 2.24) is 9.97 Å². The molecule has 0 aliphatic heterocycles. The highest BCUT2D eigenvalue weighted by Crippen LogP contribution is 2.28. The highest BCUT2D eigenvalue weighted by Gasteiger charge is 2.12. The normalized spacial score (nSPS) is 11.1. The second-order valence-electron chi connectivity index (χ2n) is 5.27. The molecule has 0 spiro atoms. The minimum Gasteiger partial charge on any atom is -0.228 e. The third-order valence-electron chi connectivity index (χ3n) is 3.55. The van der Waals surface area contributed by atoms with Gasteiger partial charge in [-0.05, 0) is 38.0 Å². The van der Waals surface area contributed by atoms with Gasteiger partial charge in [-0.1, -0.05) is 35.4 Å². The van der Waals surface area contributed by atoms with Gasteiger partial charge < -0.3 is 0 Å². The molecule has 0 aliphatic rings. The van der Waals surface area contributed by atoms with E-state index >= 15 is 0 Å². The average Bonchev–Trinajstić information content (AvgIpc) is 2.41. The number of halogens is 2. The van der Waals surface area contributed by atoms with Crippen LogP contribution in [0.4, 0.5) is 4.39 Å². The van der Waals surface area contributed by atoms with Gasteiger partial charge in [-0.3, -0.25) is 0 Å². The molecule has 21 heavy (non-hydrogen) atoms. The van der Waals surface area contributed by atoms with E-state index in [1.165, 1.54) is 11.6 Å². The molecule has 2 nitrogen and oxygen atoms in total. The number of aromatic nitrogens is 2. The number of hydrogen-bond donors (Lipinski definition) is 0. The first-order valence-corrected chi connectivity index (χ1v) is 7.04. The summed E-state index contributed by atoms with van der Waals surface area (Å²) < 4.78 is 13.7. The summed E-state index contributed by atoms with van der Waals surface area (Å²) in [5.74, 6) is 0.233. The molecule has 1 aromatic heterocycles. The molecule has 0 bridgehead atoms. The van der Waals surface area contributed by atoms with Gasteiger partial charge >= 0.3 is 0 Å². The van der Waals surface area contributed by atoms with Crippen LogP contribution in [0.5, 0.6) is 0 Å². The molecule has 0 saturated carbocycles. The molecular weight excluding hydrogens is 287 g/mol. The summed E-state index contributed by atoms with van der Waals surface area (Å²) in [6.07, 6.45) is 0. The summed E-state index contributed by atoms with van der Waals surface area (Å²) in [4.78, 5) is 8.83. The Kier molecular flexibility index (Phi) is 3.38. The first-order chi connectivity index (χ1) is 9.95. The van der Waals surface area contributed by atoms with E-state index in [9.17, 15) is 4.39 Å². The Bertz CT molecular complexity index is 859. The Balaban J connectivity index is 2.27. The zero-order valence-electron chi connectivity index (χ0n) is 12.0. The second-order valence-corrected chi connectivity index (χ2v) is 5.63. The summed E-state index contributed by atoms with van der Waals surface area (Å²) in [6.45, 7) is 5.73. The minimum atomic E-state index is -0.288. The maximum atomic E-state index is 13.7. The lowest BCUT2D eigenvalue weighted by molar-refractivity contribution is 0.620. The summed E-state index contributed by atoms with van der Waals surface area (Å²) in [7, 11) is 0. The van der Waals surface area contributed by atoms with Crippen LogP contribution in [0.3, 0.4) is 0 Å². The molecular formula is C17H14ClFN2. The predicted octanol–water partition coefficient (Wildman–Crippen LogP) is 5.01. The zero-order valence-corrected chi connectivity index (χ0v) is 12.8. The molecule has 106 valence electrons. The van der Waals surface area contributed by atoms with Crippen molar-refractivity contribution in [3.05, 3.63) is 58.0 Å². The Morgan fingerprint density at radius 1 is 0.952 bits per heavy atom. The van der Waals surface area contributed by atoms with E-state index in [-0.39, 0.29) is 5.82 Å². The van der Waals surface area contributed by atoms with Crippen LogP contribution in [-0.2, 0) is 0 Å². The molecule has 1 heterocycles. The monoisotopic (exact) mass is 300 g/mol. The van der Waals surface area contributed by atoms with Crippen molar-refractivity contribution >= 4 is 22.5 Å². The zero-order chi connectivity index (χ0) is 15.1. The maximum Gasteiger partial charge on any atom is 0.161 e. The van der Waals surface area contributed by atoms with E-state index in [4.69, 9.17) is 11.6 Å². The molecule has 3 aromatic rings. The van der Waals surface area contributed by atoms with E-state index < -0.39 is 0 Å². The van der Waals surface area contributed by atoms with Gasteiger partial charge in [0.25, 0.3) is 0 Å². The highest BCUT2D eigenvalue weighted by atomic mass is 35.5. The summed E-state index contributed by atoms with van der Waals surface area (Å²) in [5.41, 5.74) is 4.20. The Labute approximate surface area is 127 Å².